The molecule has 0 unspecified atom stereocenters. The SMILES string of the molecule is C.O=CNc1cnc2c(c1)C(=O)[NH2+]C(=O)N2. The Morgan fingerprint density at radius 1 is 1.44 bits per heavy atom. The first-order chi connectivity index (χ1) is 7.20. The van der Waals surface area contributed by atoms with E-state index in [2.05, 4.69) is 15.6 Å². The fourth-order valence-corrected chi connectivity index (χ4v) is 1.25. The van der Waals surface area contributed by atoms with Crippen LogP contribution in [0.15, 0.2) is 12.3 Å². The Bertz CT molecular complexity index is 458. The van der Waals surface area contributed by atoms with Gasteiger partial charge in [0.25, 0.3) is 0 Å². The number of fused-ring (bicyclic) bond motifs is 1. The van der Waals surface area contributed by atoms with E-state index < -0.39 is 11.9 Å². The third-order valence-electron chi connectivity index (χ3n) is 1.88. The number of rotatable bonds is 2. The van der Waals surface area contributed by atoms with Gasteiger partial charge in [0, 0.05) is 0 Å². The maximum Gasteiger partial charge on any atom is 0.426 e. The summed E-state index contributed by atoms with van der Waals surface area (Å²) >= 11 is 0. The molecular formula is C9H11N4O3+. The van der Waals surface area contributed by atoms with E-state index in [0.717, 1.165) is 5.32 Å². The van der Waals surface area contributed by atoms with Crippen LogP contribution in [0.25, 0.3) is 0 Å². The fraction of sp³-hybridized carbons (Fsp3) is 0.111. The van der Waals surface area contributed by atoms with Crippen LogP contribution >= 0.6 is 0 Å². The lowest BCUT2D eigenvalue weighted by atomic mass is 10.2. The molecule has 0 saturated heterocycles. The summed E-state index contributed by atoms with van der Waals surface area (Å²) < 4.78 is 0. The third kappa shape index (κ3) is 2.04. The quantitative estimate of drug-likeness (QED) is 0.590. The Kier molecular flexibility index (Phi) is 3.31. The minimum absolute atomic E-state index is 0. The van der Waals surface area contributed by atoms with Crippen molar-refractivity contribution in [3.05, 3.63) is 17.8 Å². The van der Waals surface area contributed by atoms with E-state index in [1.165, 1.54) is 12.3 Å². The highest BCUT2D eigenvalue weighted by atomic mass is 16.2. The molecule has 0 aliphatic carbocycles. The maximum absolute atomic E-state index is 11.4. The molecule has 16 heavy (non-hydrogen) atoms. The summed E-state index contributed by atoms with van der Waals surface area (Å²) in [5.74, 6) is -0.209. The van der Waals surface area contributed by atoms with Gasteiger partial charge in [-0.3, -0.25) is 10.1 Å². The number of amides is 4. The predicted octanol–water partition coefficient (Wildman–Crippen LogP) is -0.465. The predicted molar refractivity (Wildman–Crippen MR) is 55.9 cm³/mol. The summed E-state index contributed by atoms with van der Waals surface area (Å²) in [4.78, 5) is 36.3. The number of primary amides is 2. The molecule has 0 radical (unpaired) electrons. The van der Waals surface area contributed by atoms with E-state index in [1.807, 2.05) is 0 Å². The average molecular weight is 223 g/mol. The minimum Gasteiger partial charge on any atom is -0.327 e. The Hall–Kier alpha value is -2.28. The molecule has 2 rings (SSSR count). The smallest absolute Gasteiger partial charge is 0.327 e. The van der Waals surface area contributed by atoms with E-state index in [4.69, 9.17) is 0 Å². The number of nitrogens with one attached hydrogen (secondary N) is 2. The summed E-state index contributed by atoms with van der Waals surface area (Å²) in [5, 5.41) is 5.72. The van der Waals surface area contributed by atoms with Crippen molar-refractivity contribution in [1.82, 2.24) is 4.98 Å². The lowest BCUT2D eigenvalue weighted by molar-refractivity contribution is -0.447. The number of nitrogens with zero attached hydrogens (tertiary/aromatic N) is 1. The molecule has 0 atom stereocenters. The molecule has 4 N–H and O–H groups in total. The average Bonchev–Trinajstić information content (AvgIpc) is 2.19. The standard InChI is InChI=1S/C8H6N4O3.CH4/c13-3-10-4-1-5-6(9-2-4)11-8(15)12-7(5)14;/h1-3H,(H,10,13)(H2,9,11,12,14,15);1H4/p+1. The number of carbonyl (C=O) groups excluding carboxylic acids is 3. The summed E-state index contributed by atoms with van der Waals surface area (Å²) in [5.41, 5.74) is 0.670. The van der Waals surface area contributed by atoms with E-state index in [9.17, 15) is 14.4 Å². The number of pyridine rings is 1. The number of hydrogen-bond donors (Lipinski definition) is 3. The van der Waals surface area contributed by atoms with E-state index >= 15 is 0 Å². The molecule has 2 heterocycles. The third-order valence-corrected chi connectivity index (χ3v) is 1.88. The van der Waals surface area contributed by atoms with Gasteiger partial charge in [-0.2, -0.15) is 5.32 Å². The summed E-state index contributed by atoms with van der Waals surface area (Å²) in [6, 6.07) is 0.964. The van der Waals surface area contributed by atoms with Crippen LogP contribution in [0.3, 0.4) is 0 Å². The highest BCUT2D eigenvalue weighted by Crippen LogP contribution is 2.17. The molecule has 0 spiro atoms. The van der Waals surface area contributed by atoms with Gasteiger partial charge in [0.2, 0.25) is 6.41 Å². The van der Waals surface area contributed by atoms with Crippen molar-refractivity contribution < 1.29 is 19.7 Å². The Morgan fingerprint density at radius 3 is 2.88 bits per heavy atom. The van der Waals surface area contributed by atoms with Crippen LogP contribution in [-0.2, 0) is 4.79 Å². The Labute approximate surface area is 91.2 Å². The molecule has 1 aromatic heterocycles. The van der Waals surface area contributed by atoms with Crippen LogP contribution in [0.1, 0.15) is 17.8 Å². The zero-order valence-corrected chi connectivity index (χ0v) is 7.48. The highest BCUT2D eigenvalue weighted by Gasteiger charge is 2.28. The molecule has 4 amide bonds. The second-order valence-electron chi connectivity index (χ2n) is 2.88. The maximum atomic E-state index is 11.4. The van der Waals surface area contributed by atoms with Gasteiger partial charge in [0.05, 0.1) is 11.9 Å². The molecule has 0 fully saturated rings. The van der Waals surface area contributed by atoms with Crippen molar-refractivity contribution in [2.45, 2.75) is 7.43 Å². The number of hydrogen-bond acceptors (Lipinski definition) is 4. The van der Waals surface area contributed by atoms with Gasteiger partial charge in [-0.05, 0) is 6.07 Å². The molecule has 0 aromatic carbocycles. The lowest BCUT2D eigenvalue weighted by Crippen LogP contribution is -2.94. The van der Waals surface area contributed by atoms with Crippen molar-refractivity contribution in [3.63, 3.8) is 0 Å². The molecule has 0 saturated carbocycles. The molecule has 0 bridgehead atoms. The van der Waals surface area contributed by atoms with Crippen LogP contribution in [-0.4, -0.2) is 23.3 Å². The first-order valence-corrected chi connectivity index (χ1v) is 4.11. The number of aromatic nitrogens is 1. The number of nitrogens with two attached hydrogens (primary N) is 1. The van der Waals surface area contributed by atoms with Gasteiger partial charge in [0.15, 0.2) is 5.82 Å². The zero-order chi connectivity index (χ0) is 10.8. The number of carbonyl (C=O) groups is 3. The first kappa shape index (κ1) is 11.8. The number of anilines is 2. The minimum atomic E-state index is -0.490. The first-order valence-electron chi connectivity index (χ1n) is 4.11. The molecule has 7 heteroatoms. The van der Waals surface area contributed by atoms with E-state index in [0.29, 0.717) is 12.1 Å². The molecular weight excluding hydrogens is 212 g/mol. The fourth-order valence-electron chi connectivity index (χ4n) is 1.25. The Balaban J connectivity index is 0.00000128. The van der Waals surface area contributed by atoms with Crippen LogP contribution in [0.2, 0.25) is 0 Å². The molecule has 1 aliphatic heterocycles. The molecule has 7 nitrogen and oxygen atoms in total. The van der Waals surface area contributed by atoms with Crippen molar-refractivity contribution >= 4 is 29.9 Å². The van der Waals surface area contributed by atoms with Gasteiger partial charge < -0.3 is 5.32 Å². The number of urea groups is 1. The topological polar surface area (TPSA) is 105 Å². The summed E-state index contributed by atoms with van der Waals surface area (Å²) in [6.07, 6.45) is 1.84. The normalized spacial score (nSPS) is 13.2. The lowest BCUT2D eigenvalue weighted by Gasteiger charge is -2.11. The van der Waals surface area contributed by atoms with Crippen molar-refractivity contribution in [2.24, 2.45) is 0 Å². The van der Waals surface area contributed by atoms with Gasteiger partial charge in [0.1, 0.15) is 5.56 Å². The van der Waals surface area contributed by atoms with Crippen molar-refractivity contribution in [2.75, 3.05) is 10.6 Å². The molecule has 1 aromatic rings. The monoisotopic (exact) mass is 223 g/mol. The van der Waals surface area contributed by atoms with Crippen molar-refractivity contribution in [1.29, 1.82) is 0 Å². The van der Waals surface area contributed by atoms with Gasteiger partial charge in [-0.1, -0.05) is 7.43 Å². The van der Waals surface area contributed by atoms with E-state index in [1.54, 1.807) is 0 Å². The van der Waals surface area contributed by atoms with Gasteiger partial charge in [-0.25, -0.2) is 14.6 Å². The zero-order valence-electron chi connectivity index (χ0n) is 7.48. The van der Waals surface area contributed by atoms with Crippen molar-refractivity contribution in [3.8, 4) is 0 Å². The second kappa shape index (κ2) is 4.49. The van der Waals surface area contributed by atoms with Gasteiger partial charge in [-0.15, -0.1) is 0 Å². The van der Waals surface area contributed by atoms with Crippen LogP contribution in [0.5, 0.6) is 0 Å². The van der Waals surface area contributed by atoms with Crippen LogP contribution in [0, 0.1) is 0 Å². The number of quaternary nitrogens is 1. The Morgan fingerprint density at radius 2 is 2.19 bits per heavy atom. The largest absolute Gasteiger partial charge is 0.426 e. The molecule has 84 valence electrons. The highest BCUT2D eigenvalue weighted by molar-refractivity contribution is 6.05. The molecule has 1 aliphatic rings. The van der Waals surface area contributed by atoms with E-state index in [-0.39, 0.29) is 18.8 Å². The van der Waals surface area contributed by atoms with Crippen LogP contribution < -0.4 is 16.0 Å². The summed E-state index contributed by atoms with van der Waals surface area (Å²) in [7, 11) is 0. The second-order valence-corrected chi connectivity index (χ2v) is 2.88. The van der Waals surface area contributed by atoms with Gasteiger partial charge >= 0.3 is 11.9 Å². The summed E-state index contributed by atoms with van der Waals surface area (Å²) in [6.45, 7) is 0. The van der Waals surface area contributed by atoms with Crippen LogP contribution in [0.4, 0.5) is 16.3 Å². The number of imide groups is 1.